The van der Waals surface area contributed by atoms with Crippen molar-refractivity contribution >= 4 is 11.8 Å². The summed E-state index contributed by atoms with van der Waals surface area (Å²) in [4.78, 5) is 28.3. The van der Waals surface area contributed by atoms with Crippen LogP contribution in [0.1, 0.15) is 58.6 Å². The van der Waals surface area contributed by atoms with Crippen LogP contribution in [-0.2, 0) is 16.0 Å². The smallest absolute Gasteiger partial charge is 0.227 e. The molecule has 1 N–H and O–H groups in total. The zero-order valence-corrected chi connectivity index (χ0v) is 20.5. The first-order chi connectivity index (χ1) is 15.0. The van der Waals surface area contributed by atoms with Gasteiger partial charge in [-0.15, -0.1) is 0 Å². The number of rotatable bonds is 5. The highest BCUT2D eigenvalue weighted by Crippen LogP contribution is 2.39. The van der Waals surface area contributed by atoms with Crippen LogP contribution in [0.4, 0.5) is 0 Å². The van der Waals surface area contributed by atoms with Gasteiger partial charge in [0.15, 0.2) is 0 Å². The zero-order valence-electron chi connectivity index (χ0n) is 20.5. The fraction of sp³-hybridized carbons (Fsp3) is 0.500. The molecule has 0 unspecified atom stereocenters. The topological polar surface area (TPSA) is 49.4 Å². The quantitative estimate of drug-likeness (QED) is 0.686. The summed E-state index contributed by atoms with van der Waals surface area (Å²) in [7, 11) is 0. The van der Waals surface area contributed by atoms with E-state index in [-0.39, 0.29) is 17.9 Å². The van der Waals surface area contributed by atoms with E-state index in [0.29, 0.717) is 32.4 Å². The number of benzene rings is 2. The van der Waals surface area contributed by atoms with Gasteiger partial charge < -0.3 is 10.2 Å². The SMILES string of the molecule is Cc1ccccc1-c1ccccc1CC1(C(=O)NC(C)C)CCN(C(=O)C(C)(C)C)CC1. The van der Waals surface area contributed by atoms with Crippen LogP contribution in [-0.4, -0.2) is 35.8 Å². The van der Waals surface area contributed by atoms with Gasteiger partial charge in [0.25, 0.3) is 0 Å². The van der Waals surface area contributed by atoms with Crippen LogP contribution < -0.4 is 5.32 Å². The van der Waals surface area contributed by atoms with Gasteiger partial charge >= 0.3 is 0 Å². The van der Waals surface area contributed by atoms with Crippen molar-refractivity contribution in [3.8, 4) is 11.1 Å². The Morgan fingerprint density at radius 1 is 0.969 bits per heavy atom. The van der Waals surface area contributed by atoms with E-state index < -0.39 is 10.8 Å². The van der Waals surface area contributed by atoms with Gasteiger partial charge in [0.1, 0.15) is 0 Å². The van der Waals surface area contributed by atoms with E-state index in [4.69, 9.17) is 0 Å². The molecule has 2 aromatic rings. The first-order valence-electron chi connectivity index (χ1n) is 11.8. The van der Waals surface area contributed by atoms with E-state index in [1.165, 1.54) is 22.3 Å². The lowest BCUT2D eigenvalue weighted by Crippen LogP contribution is -2.53. The summed E-state index contributed by atoms with van der Waals surface area (Å²) < 4.78 is 0. The van der Waals surface area contributed by atoms with Crippen molar-refractivity contribution in [1.29, 1.82) is 0 Å². The first-order valence-corrected chi connectivity index (χ1v) is 11.8. The second-order valence-corrected chi connectivity index (χ2v) is 10.6. The van der Waals surface area contributed by atoms with Crippen LogP contribution >= 0.6 is 0 Å². The lowest BCUT2D eigenvalue weighted by Gasteiger charge is -2.43. The number of hydrogen-bond acceptors (Lipinski definition) is 2. The largest absolute Gasteiger partial charge is 0.353 e. The molecule has 1 saturated heterocycles. The maximum absolute atomic E-state index is 13.5. The molecule has 0 spiro atoms. The third-order valence-corrected chi connectivity index (χ3v) is 6.53. The predicted octanol–water partition coefficient (Wildman–Crippen LogP) is 5.38. The minimum absolute atomic E-state index is 0.0835. The number of nitrogens with zero attached hydrogens (tertiary/aromatic N) is 1. The van der Waals surface area contributed by atoms with Crippen LogP contribution in [0.25, 0.3) is 11.1 Å². The molecule has 172 valence electrons. The van der Waals surface area contributed by atoms with Crippen molar-refractivity contribution in [3.05, 3.63) is 59.7 Å². The van der Waals surface area contributed by atoms with Gasteiger partial charge in [-0.25, -0.2) is 0 Å². The molecular formula is C28H38N2O2. The van der Waals surface area contributed by atoms with Gasteiger partial charge in [-0.3, -0.25) is 9.59 Å². The average molecular weight is 435 g/mol. The van der Waals surface area contributed by atoms with Gasteiger partial charge in [-0.05, 0) is 62.3 Å². The molecule has 0 aliphatic carbocycles. The summed E-state index contributed by atoms with van der Waals surface area (Å²) in [6.07, 6.45) is 2.03. The van der Waals surface area contributed by atoms with Crippen molar-refractivity contribution in [3.63, 3.8) is 0 Å². The van der Waals surface area contributed by atoms with Gasteiger partial charge in [0, 0.05) is 24.5 Å². The molecular weight excluding hydrogens is 396 g/mol. The number of hydrogen-bond donors (Lipinski definition) is 1. The highest BCUT2D eigenvalue weighted by molar-refractivity contribution is 5.85. The second-order valence-electron chi connectivity index (χ2n) is 10.6. The standard InChI is InChI=1S/C28H38N2O2/c1-20(2)29-25(31)28(15-17-30(18-16-28)26(32)27(4,5)6)19-22-12-8-10-14-24(22)23-13-9-7-11-21(23)3/h7-14,20H,15-19H2,1-6H3,(H,29,31). The summed E-state index contributed by atoms with van der Waals surface area (Å²) in [5.74, 6) is 0.269. The van der Waals surface area contributed by atoms with E-state index in [0.717, 1.165) is 0 Å². The molecule has 1 heterocycles. The van der Waals surface area contributed by atoms with Gasteiger partial charge in [-0.1, -0.05) is 69.3 Å². The third kappa shape index (κ3) is 5.23. The molecule has 2 aromatic carbocycles. The molecule has 4 nitrogen and oxygen atoms in total. The maximum atomic E-state index is 13.5. The van der Waals surface area contributed by atoms with Crippen molar-refractivity contribution in [2.45, 2.75) is 66.8 Å². The van der Waals surface area contributed by atoms with Crippen LogP contribution in [0.3, 0.4) is 0 Å². The molecule has 32 heavy (non-hydrogen) atoms. The van der Waals surface area contributed by atoms with Crippen LogP contribution in [0, 0.1) is 17.8 Å². The van der Waals surface area contributed by atoms with Crippen LogP contribution in [0.5, 0.6) is 0 Å². The monoisotopic (exact) mass is 434 g/mol. The van der Waals surface area contributed by atoms with E-state index in [1.807, 2.05) is 39.5 Å². The minimum atomic E-state index is -0.516. The van der Waals surface area contributed by atoms with Gasteiger partial charge in [0.2, 0.25) is 11.8 Å². The number of nitrogens with one attached hydrogen (secondary N) is 1. The van der Waals surface area contributed by atoms with E-state index in [1.54, 1.807) is 0 Å². The zero-order chi connectivity index (χ0) is 23.5. The maximum Gasteiger partial charge on any atom is 0.227 e. The van der Waals surface area contributed by atoms with Crippen molar-refractivity contribution in [1.82, 2.24) is 10.2 Å². The first kappa shape index (κ1) is 24.0. The Kier molecular flexibility index (Phi) is 7.12. The number of piperidine rings is 1. The van der Waals surface area contributed by atoms with Crippen LogP contribution in [0.15, 0.2) is 48.5 Å². The number of aryl methyl sites for hydroxylation is 1. The predicted molar refractivity (Wildman–Crippen MR) is 131 cm³/mol. The Bertz CT molecular complexity index is 963. The third-order valence-electron chi connectivity index (χ3n) is 6.53. The van der Waals surface area contributed by atoms with E-state index >= 15 is 0 Å². The summed E-state index contributed by atoms with van der Waals surface area (Å²) in [6.45, 7) is 13.3. The highest BCUT2D eigenvalue weighted by atomic mass is 16.2. The van der Waals surface area contributed by atoms with Crippen LogP contribution in [0.2, 0.25) is 0 Å². The fourth-order valence-electron chi connectivity index (χ4n) is 4.69. The van der Waals surface area contributed by atoms with Crippen molar-refractivity contribution in [2.24, 2.45) is 10.8 Å². The second kappa shape index (κ2) is 9.48. The molecule has 0 saturated carbocycles. The Morgan fingerprint density at radius 2 is 1.53 bits per heavy atom. The minimum Gasteiger partial charge on any atom is -0.353 e. The Hall–Kier alpha value is -2.62. The average Bonchev–Trinajstić information content (AvgIpc) is 2.73. The summed E-state index contributed by atoms with van der Waals surface area (Å²) in [6, 6.07) is 16.9. The Labute approximate surface area is 193 Å². The molecule has 1 aliphatic heterocycles. The Morgan fingerprint density at radius 3 is 2.09 bits per heavy atom. The van der Waals surface area contributed by atoms with Crippen molar-refractivity contribution < 1.29 is 9.59 Å². The number of amides is 2. The molecule has 1 fully saturated rings. The molecule has 1 aliphatic rings. The summed E-state index contributed by atoms with van der Waals surface area (Å²) in [5, 5.41) is 3.18. The number of likely N-dealkylation sites (tertiary alicyclic amines) is 1. The van der Waals surface area contributed by atoms with E-state index in [2.05, 4.69) is 60.8 Å². The van der Waals surface area contributed by atoms with Gasteiger partial charge in [0.05, 0.1) is 5.41 Å². The normalized spacial score (nSPS) is 16.2. The number of carbonyl (C=O) groups excluding carboxylic acids is 2. The molecule has 0 atom stereocenters. The number of carbonyl (C=O) groups is 2. The summed E-state index contributed by atoms with van der Waals surface area (Å²) in [5.41, 5.74) is 3.90. The molecule has 2 amide bonds. The molecule has 0 bridgehead atoms. The lowest BCUT2D eigenvalue weighted by molar-refractivity contribution is -0.146. The molecule has 4 heteroatoms. The molecule has 3 rings (SSSR count). The molecule has 0 aromatic heterocycles. The van der Waals surface area contributed by atoms with Crippen molar-refractivity contribution in [2.75, 3.05) is 13.1 Å². The van der Waals surface area contributed by atoms with E-state index in [9.17, 15) is 9.59 Å². The highest BCUT2D eigenvalue weighted by Gasteiger charge is 2.44. The fourth-order valence-corrected chi connectivity index (χ4v) is 4.69. The lowest BCUT2D eigenvalue weighted by atomic mass is 9.71. The summed E-state index contributed by atoms with van der Waals surface area (Å²) >= 11 is 0. The Balaban J connectivity index is 1.94. The van der Waals surface area contributed by atoms with Gasteiger partial charge in [-0.2, -0.15) is 0 Å². The molecule has 0 radical (unpaired) electrons.